The second kappa shape index (κ2) is 7.10. The standard InChI is InChI=1S/C20H23N5O3/c1-20(16-7-8-16)18(27)25(19(28)23-20)13-17(26)21-11-14-3-5-15(6-4-14)12-24-10-2-9-22-24/h2-6,9-10,16H,7-8,11-13H2,1H3,(H,21,26)(H,23,28)/t20-/m1/s1. The highest BCUT2D eigenvalue weighted by Crippen LogP contribution is 2.42. The van der Waals surface area contributed by atoms with Crippen LogP contribution in [0.1, 0.15) is 30.9 Å². The fraction of sp³-hybridized carbons (Fsp3) is 0.400. The Morgan fingerprint density at radius 1 is 1.25 bits per heavy atom. The number of nitrogens with zero attached hydrogens (tertiary/aromatic N) is 3. The van der Waals surface area contributed by atoms with Crippen LogP contribution in [0, 0.1) is 5.92 Å². The smallest absolute Gasteiger partial charge is 0.325 e. The van der Waals surface area contributed by atoms with Gasteiger partial charge in [-0.25, -0.2) is 4.79 Å². The minimum absolute atomic E-state index is 0.178. The number of rotatable bonds is 7. The summed E-state index contributed by atoms with van der Waals surface area (Å²) in [5.41, 5.74) is 1.19. The highest BCUT2D eigenvalue weighted by molar-refractivity contribution is 6.09. The summed E-state index contributed by atoms with van der Waals surface area (Å²) in [4.78, 5) is 37.9. The van der Waals surface area contributed by atoms with E-state index in [9.17, 15) is 14.4 Å². The molecule has 4 rings (SSSR count). The average molecular weight is 381 g/mol. The number of carbonyl (C=O) groups excluding carboxylic acids is 3. The highest BCUT2D eigenvalue weighted by Gasteiger charge is 2.56. The maximum Gasteiger partial charge on any atom is 0.325 e. The van der Waals surface area contributed by atoms with Crippen molar-refractivity contribution in [3.63, 3.8) is 0 Å². The third-order valence-electron chi connectivity index (χ3n) is 5.41. The van der Waals surface area contributed by atoms with E-state index in [4.69, 9.17) is 0 Å². The zero-order chi connectivity index (χ0) is 19.7. The lowest BCUT2D eigenvalue weighted by atomic mass is 9.96. The number of imide groups is 1. The Kier molecular flexibility index (Phi) is 4.62. The largest absolute Gasteiger partial charge is 0.350 e. The fourth-order valence-corrected chi connectivity index (χ4v) is 3.54. The van der Waals surface area contributed by atoms with E-state index in [0.717, 1.165) is 28.9 Å². The van der Waals surface area contributed by atoms with Crippen molar-refractivity contribution in [2.45, 2.75) is 38.4 Å². The molecule has 2 aromatic rings. The summed E-state index contributed by atoms with van der Waals surface area (Å²) >= 11 is 0. The van der Waals surface area contributed by atoms with E-state index in [2.05, 4.69) is 15.7 Å². The Morgan fingerprint density at radius 3 is 2.61 bits per heavy atom. The predicted octanol–water partition coefficient (Wildman–Crippen LogP) is 1.27. The lowest BCUT2D eigenvalue weighted by molar-refractivity contribution is -0.135. The number of urea groups is 1. The summed E-state index contributed by atoms with van der Waals surface area (Å²) in [5.74, 6) is -0.487. The first-order valence-electron chi connectivity index (χ1n) is 9.42. The second-order valence-electron chi connectivity index (χ2n) is 7.59. The molecule has 2 aliphatic rings. The van der Waals surface area contributed by atoms with Crippen molar-refractivity contribution in [2.24, 2.45) is 5.92 Å². The van der Waals surface area contributed by atoms with Crippen molar-refractivity contribution in [3.05, 3.63) is 53.9 Å². The van der Waals surface area contributed by atoms with E-state index in [-0.39, 0.29) is 24.3 Å². The third-order valence-corrected chi connectivity index (χ3v) is 5.41. The molecule has 146 valence electrons. The quantitative estimate of drug-likeness (QED) is 0.706. The van der Waals surface area contributed by atoms with Crippen molar-refractivity contribution in [3.8, 4) is 0 Å². The van der Waals surface area contributed by atoms with Crippen molar-refractivity contribution < 1.29 is 14.4 Å². The molecule has 8 nitrogen and oxygen atoms in total. The van der Waals surface area contributed by atoms with Gasteiger partial charge in [0.1, 0.15) is 12.1 Å². The normalized spacial score (nSPS) is 21.7. The van der Waals surface area contributed by atoms with Gasteiger partial charge in [0.15, 0.2) is 0 Å². The van der Waals surface area contributed by atoms with Gasteiger partial charge in [0.2, 0.25) is 5.91 Å². The Hall–Kier alpha value is -3.16. The molecule has 0 unspecified atom stereocenters. The van der Waals surface area contributed by atoms with E-state index >= 15 is 0 Å². The Labute approximate surface area is 162 Å². The molecule has 1 aromatic carbocycles. The first-order valence-corrected chi connectivity index (χ1v) is 9.42. The van der Waals surface area contributed by atoms with E-state index in [1.54, 1.807) is 13.1 Å². The van der Waals surface area contributed by atoms with Crippen molar-refractivity contribution >= 4 is 17.8 Å². The van der Waals surface area contributed by atoms with Gasteiger partial charge in [0.25, 0.3) is 5.91 Å². The Morgan fingerprint density at radius 2 is 1.96 bits per heavy atom. The van der Waals surface area contributed by atoms with Gasteiger partial charge in [-0.15, -0.1) is 0 Å². The molecule has 0 bridgehead atoms. The van der Waals surface area contributed by atoms with Crippen LogP contribution in [0.4, 0.5) is 4.79 Å². The number of carbonyl (C=O) groups is 3. The topological polar surface area (TPSA) is 96.3 Å². The zero-order valence-corrected chi connectivity index (χ0v) is 15.7. The van der Waals surface area contributed by atoms with Gasteiger partial charge in [-0.05, 0) is 42.9 Å². The summed E-state index contributed by atoms with van der Waals surface area (Å²) in [7, 11) is 0. The molecule has 28 heavy (non-hydrogen) atoms. The summed E-state index contributed by atoms with van der Waals surface area (Å²) in [5, 5.41) is 9.69. The van der Waals surface area contributed by atoms with Crippen LogP contribution in [-0.4, -0.2) is 44.6 Å². The lowest BCUT2D eigenvalue weighted by Gasteiger charge is -2.20. The van der Waals surface area contributed by atoms with Gasteiger partial charge in [0.05, 0.1) is 6.54 Å². The first kappa shape index (κ1) is 18.2. The maximum absolute atomic E-state index is 12.6. The predicted molar refractivity (Wildman–Crippen MR) is 101 cm³/mol. The molecule has 8 heteroatoms. The summed E-state index contributed by atoms with van der Waals surface area (Å²) in [6.07, 6.45) is 5.50. The number of nitrogens with one attached hydrogen (secondary N) is 2. The second-order valence-corrected chi connectivity index (χ2v) is 7.59. The maximum atomic E-state index is 12.6. The van der Waals surface area contributed by atoms with E-state index in [0.29, 0.717) is 13.1 Å². The zero-order valence-electron chi connectivity index (χ0n) is 15.7. The molecule has 1 aromatic heterocycles. The van der Waals surface area contributed by atoms with Crippen LogP contribution < -0.4 is 10.6 Å². The molecule has 1 aliphatic heterocycles. The molecule has 1 saturated carbocycles. The van der Waals surface area contributed by atoms with Gasteiger partial charge >= 0.3 is 6.03 Å². The van der Waals surface area contributed by atoms with Crippen molar-refractivity contribution in [1.82, 2.24) is 25.3 Å². The summed E-state index contributed by atoms with van der Waals surface area (Å²) in [6, 6.07) is 9.25. The number of hydrogen-bond donors (Lipinski definition) is 2. The van der Waals surface area contributed by atoms with Crippen LogP contribution in [0.2, 0.25) is 0 Å². The van der Waals surface area contributed by atoms with Crippen LogP contribution in [0.25, 0.3) is 0 Å². The van der Waals surface area contributed by atoms with E-state index in [1.807, 2.05) is 41.2 Å². The Bertz CT molecular complexity index is 889. The summed E-state index contributed by atoms with van der Waals surface area (Å²) in [6.45, 7) is 2.51. The van der Waals surface area contributed by atoms with Crippen LogP contribution in [0.5, 0.6) is 0 Å². The first-order chi connectivity index (χ1) is 13.5. The monoisotopic (exact) mass is 381 g/mol. The van der Waals surface area contributed by atoms with E-state index < -0.39 is 11.6 Å². The third kappa shape index (κ3) is 3.62. The van der Waals surface area contributed by atoms with Crippen molar-refractivity contribution in [2.75, 3.05) is 6.54 Å². The molecule has 2 N–H and O–H groups in total. The number of aromatic nitrogens is 2. The molecular weight excluding hydrogens is 358 g/mol. The van der Waals surface area contributed by atoms with Crippen LogP contribution in [-0.2, 0) is 22.7 Å². The SMILES string of the molecule is C[C@]1(C2CC2)NC(=O)N(CC(=O)NCc2ccc(Cn3cccn3)cc2)C1=O. The molecule has 2 heterocycles. The summed E-state index contributed by atoms with van der Waals surface area (Å²) < 4.78 is 1.84. The van der Waals surface area contributed by atoms with Crippen molar-refractivity contribution in [1.29, 1.82) is 0 Å². The molecule has 1 atom stereocenters. The van der Waals surface area contributed by atoms with Gasteiger partial charge in [-0.3, -0.25) is 19.2 Å². The van der Waals surface area contributed by atoms with Gasteiger partial charge in [-0.2, -0.15) is 5.10 Å². The molecule has 0 spiro atoms. The molecule has 1 saturated heterocycles. The van der Waals surface area contributed by atoms with Gasteiger partial charge < -0.3 is 10.6 Å². The minimum Gasteiger partial charge on any atom is -0.350 e. The Balaban J connectivity index is 1.28. The molecular formula is C20H23N5O3. The average Bonchev–Trinajstić information content (AvgIpc) is 3.38. The number of amides is 4. The minimum atomic E-state index is -0.859. The van der Waals surface area contributed by atoms with Crippen LogP contribution >= 0.6 is 0 Å². The van der Waals surface area contributed by atoms with Crippen LogP contribution in [0.3, 0.4) is 0 Å². The lowest BCUT2D eigenvalue weighted by Crippen LogP contribution is -2.46. The highest BCUT2D eigenvalue weighted by atomic mass is 16.2. The fourth-order valence-electron chi connectivity index (χ4n) is 3.54. The van der Waals surface area contributed by atoms with Gasteiger partial charge in [0, 0.05) is 18.9 Å². The van der Waals surface area contributed by atoms with Crippen LogP contribution in [0.15, 0.2) is 42.7 Å². The molecule has 1 aliphatic carbocycles. The van der Waals surface area contributed by atoms with E-state index in [1.165, 1.54) is 0 Å². The van der Waals surface area contributed by atoms with Gasteiger partial charge in [-0.1, -0.05) is 24.3 Å². The number of benzene rings is 1. The molecule has 4 amide bonds. The number of hydrogen-bond acceptors (Lipinski definition) is 4. The molecule has 0 radical (unpaired) electrons. The molecule has 2 fully saturated rings.